The van der Waals surface area contributed by atoms with Crippen LogP contribution in [0.3, 0.4) is 0 Å². The zero-order valence-corrected chi connectivity index (χ0v) is 20.6. The fraction of sp³-hybridized carbons (Fsp3) is 0.357. The van der Waals surface area contributed by atoms with Gasteiger partial charge in [-0.3, -0.25) is 9.88 Å². The second-order valence-electron chi connectivity index (χ2n) is 9.71. The van der Waals surface area contributed by atoms with E-state index in [1.54, 1.807) is 12.4 Å². The summed E-state index contributed by atoms with van der Waals surface area (Å²) in [4.78, 5) is 21.5. The van der Waals surface area contributed by atoms with Gasteiger partial charge in [-0.1, -0.05) is 23.7 Å². The molecule has 2 amide bonds. The van der Waals surface area contributed by atoms with E-state index < -0.39 is 0 Å². The maximum atomic E-state index is 12.9. The third-order valence-corrected chi connectivity index (χ3v) is 7.21. The number of carbonyl (C=O) groups excluding carboxylic acids is 1. The number of ether oxygens (including phenoxy) is 1. The monoisotopic (exact) mass is 490 g/mol. The van der Waals surface area contributed by atoms with Crippen molar-refractivity contribution in [2.75, 3.05) is 31.5 Å². The topological polar surface area (TPSA) is 57.7 Å². The largest absolute Gasteiger partial charge is 0.457 e. The lowest BCUT2D eigenvalue weighted by Gasteiger charge is -2.48. The van der Waals surface area contributed by atoms with Crippen molar-refractivity contribution in [3.63, 3.8) is 0 Å². The average molecular weight is 491 g/mol. The SMILES string of the molecule is O=C(Nc1cccnc1)N1CCCC2(CCCN(Cc3cccc(Oc4ccc(Cl)cc4)c3)C2)C1. The van der Waals surface area contributed by atoms with Crippen molar-refractivity contribution in [2.24, 2.45) is 5.41 Å². The number of benzene rings is 2. The molecule has 0 bridgehead atoms. The minimum absolute atomic E-state index is 0.0266. The van der Waals surface area contributed by atoms with Gasteiger partial charge in [0.25, 0.3) is 0 Å². The highest BCUT2D eigenvalue weighted by molar-refractivity contribution is 6.30. The Morgan fingerprint density at radius 2 is 1.83 bits per heavy atom. The van der Waals surface area contributed by atoms with E-state index in [9.17, 15) is 4.79 Å². The van der Waals surface area contributed by atoms with Gasteiger partial charge in [0, 0.05) is 42.8 Å². The Kier molecular flexibility index (Phi) is 7.21. The molecule has 7 heteroatoms. The van der Waals surface area contributed by atoms with Crippen molar-refractivity contribution in [2.45, 2.75) is 32.2 Å². The predicted octanol–water partition coefficient (Wildman–Crippen LogP) is 6.44. The number of piperidine rings is 2. The van der Waals surface area contributed by atoms with Crippen LogP contribution in [-0.2, 0) is 6.54 Å². The van der Waals surface area contributed by atoms with E-state index in [1.807, 2.05) is 53.4 Å². The first-order chi connectivity index (χ1) is 17.1. The van der Waals surface area contributed by atoms with Crippen LogP contribution in [0.15, 0.2) is 73.1 Å². The molecule has 0 saturated carbocycles. The first-order valence-electron chi connectivity index (χ1n) is 12.3. The van der Waals surface area contributed by atoms with Crippen LogP contribution in [0.25, 0.3) is 0 Å². The van der Waals surface area contributed by atoms with Crippen molar-refractivity contribution >= 4 is 23.3 Å². The van der Waals surface area contributed by atoms with Gasteiger partial charge in [-0.2, -0.15) is 0 Å². The predicted molar refractivity (Wildman–Crippen MR) is 139 cm³/mol. The summed E-state index contributed by atoms with van der Waals surface area (Å²) >= 11 is 5.98. The van der Waals surface area contributed by atoms with Crippen LogP contribution in [0.1, 0.15) is 31.2 Å². The number of rotatable bonds is 5. The molecule has 0 aliphatic carbocycles. The molecule has 0 radical (unpaired) electrons. The molecule has 1 aromatic heterocycles. The molecule has 2 fully saturated rings. The van der Waals surface area contributed by atoms with Crippen molar-refractivity contribution in [1.29, 1.82) is 0 Å². The summed E-state index contributed by atoms with van der Waals surface area (Å²) in [5.74, 6) is 1.60. The summed E-state index contributed by atoms with van der Waals surface area (Å²) in [6.45, 7) is 4.56. The van der Waals surface area contributed by atoms with E-state index >= 15 is 0 Å². The zero-order valence-electron chi connectivity index (χ0n) is 19.8. The van der Waals surface area contributed by atoms with Gasteiger partial charge in [-0.15, -0.1) is 0 Å². The summed E-state index contributed by atoms with van der Waals surface area (Å²) in [6.07, 6.45) is 7.92. The van der Waals surface area contributed by atoms with E-state index in [1.165, 1.54) is 18.4 Å². The molecule has 35 heavy (non-hydrogen) atoms. The summed E-state index contributed by atoms with van der Waals surface area (Å²) in [7, 11) is 0. The minimum atomic E-state index is -0.0266. The van der Waals surface area contributed by atoms with Gasteiger partial charge in [0.15, 0.2) is 0 Å². The molecular formula is C28H31ClN4O2. The number of urea groups is 1. The molecule has 3 aromatic rings. The Hall–Kier alpha value is -3.09. The van der Waals surface area contributed by atoms with Crippen molar-refractivity contribution < 1.29 is 9.53 Å². The van der Waals surface area contributed by atoms with Crippen LogP contribution in [0.2, 0.25) is 5.02 Å². The van der Waals surface area contributed by atoms with Gasteiger partial charge < -0.3 is 15.0 Å². The van der Waals surface area contributed by atoms with Crippen molar-refractivity contribution in [1.82, 2.24) is 14.8 Å². The average Bonchev–Trinajstić information content (AvgIpc) is 2.86. The van der Waals surface area contributed by atoms with Gasteiger partial charge in [0.05, 0.1) is 11.9 Å². The summed E-state index contributed by atoms with van der Waals surface area (Å²) < 4.78 is 6.03. The maximum absolute atomic E-state index is 12.9. The molecule has 2 saturated heterocycles. The molecule has 6 nitrogen and oxygen atoms in total. The number of halogens is 1. The van der Waals surface area contributed by atoms with Crippen LogP contribution in [0.4, 0.5) is 10.5 Å². The number of pyridine rings is 1. The molecule has 1 spiro atoms. The van der Waals surface area contributed by atoms with Gasteiger partial charge in [0.2, 0.25) is 0 Å². The molecule has 5 rings (SSSR count). The Bertz CT molecular complexity index is 1140. The quantitative estimate of drug-likeness (QED) is 0.447. The lowest BCUT2D eigenvalue weighted by Crippen LogP contribution is -2.54. The highest BCUT2D eigenvalue weighted by Crippen LogP contribution is 2.39. The number of anilines is 1. The van der Waals surface area contributed by atoms with Gasteiger partial charge in [0.1, 0.15) is 11.5 Å². The van der Waals surface area contributed by atoms with Crippen LogP contribution >= 0.6 is 11.6 Å². The second-order valence-corrected chi connectivity index (χ2v) is 10.2. The Morgan fingerprint density at radius 1 is 1.00 bits per heavy atom. The first-order valence-corrected chi connectivity index (χ1v) is 12.7. The molecule has 182 valence electrons. The number of aromatic nitrogens is 1. The Morgan fingerprint density at radius 3 is 2.63 bits per heavy atom. The fourth-order valence-corrected chi connectivity index (χ4v) is 5.53. The van der Waals surface area contributed by atoms with E-state index in [-0.39, 0.29) is 11.4 Å². The van der Waals surface area contributed by atoms with Crippen molar-refractivity contribution in [3.05, 3.63) is 83.6 Å². The third kappa shape index (κ3) is 6.13. The van der Waals surface area contributed by atoms with E-state index in [4.69, 9.17) is 16.3 Å². The summed E-state index contributed by atoms with van der Waals surface area (Å²) in [6, 6.07) is 19.4. The molecule has 1 atom stereocenters. The Labute approximate surface area is 211 Å². The number of amides is 2. The number of nitrogens with one attached hydrogen (secondary N) is 1. The number of hydrogen-bond acceptors (Lipinski definition) is 4. The van der Waals surface area contributed by atoms with Gasteiger partial charge in [-0.05, 0) is 86.3 Å². The number of likely N-dealkylation sites (tertiary alicyclic amines) is 2. The molecule has 2 aliphatic rings. The molecule has 1 unspecified atom stereocenters. The number of hydrogen-bond donors (Lipinski definition) is 1. The van der Waals surface area contributed by atoms with E-state index in [0.717, 1.165) is 62.8 Å². The fourth-order valence-electron chi connectivity index (χ4n) is 5.40. The van der Waals surface area contributed by atoms with Crippen molar-refractivity contribution in [3.8, 4) is 11.5 Å². The van der Waals surface area contributed by atoms with E-state index in [2.05, 4.69) is 27.3 Å². The second kappa shape index (κ2) is 10.7. The standard InChI is InChI=1S/C28H31ClN4O2/c29-23-8-10-25(11-9-23)35-26-7-1-5-22(17-26)19-32-15-3-12-28(20-32)13-4-16-33(21-28)27(34)31-24-6-2-14-30-18-24/h1-2,5-11,14,17-18H,3-4,12-13,15-16,19-21H2,(H,31,34). The van der Waals surface area contributed by atoms with Crippen LogP contribution in [0, 0.1) is 5.41 Å². The summed E-state index contributed by atoms with van der Waals surface area (Å²) in [5, 5.41) is 3.70. The molecule has 2 aliphatic heterocycles. The van der Waals surface area contributed by atoms with Gasteiger partial charge >= 0.3 is 6.03 Å². The Balaban J connectivity index is 1.21. The lowest BCUT2D eigenvalue weighted by atomic mass is 9.73. The highest BCUT2D eigenvalue weighted by Gasteiger charge is 2.40. The molecule has 3 heterocycles. The molecule has 2 aromatic carbocycles. The first kappa shape index (κ1) is 23.6. The van der Waals surface area contributed by atoms with Crippen LogP contribution in [-0.4, -0.2) is 47.0 Å². The maximum Gasteiger partial charge on any atom is 0.321 e. The zero-order chi connectivity index (χ0) is 24.1. The van der Waals surface area contributed by atoms with Crippen LogP contribution < -0.4 is 10.1 Å². The van der Waals surface area contributed by atoms with Gasteiger partial charge in [-0.25, -0.2) is 4.79 Å². The normalized spacial score (nSPS) is 20.5. The number of carbonyl (C=O) groups is 1. The highest BCUT2D eigenvalue weighted by atomic mass is 35.5. The minimum Gasteiger partial charge on any atom is -0.457 e. The third-order valence-electron chi connectivity index (χ3n) is 6.96. The smallest absolute Gasteiger partial charge is 0.321 e. The van der Waals surface area contributed by atoms with E-state index in [0.29, 0.717) is 5.02 Å². The molecular weight excluding hydrogens is 460 g/mol. The number of nitrogens with zero attached hydrogens (tertiary/aromatic N) is 3. The lowest BCUT2D eigenvalue weighted by molar-refractivity contribution is 0.0255. The molecule has 1 N–H and O–H groups in total. The summed E-state index contributed by atoms with van der Waals surface area (Å²) in [5.41, 5.74) is 2.12. The van der Waals surface area contributed by atoms with Crippen LogP contribution in [0.5, 0.6) is 11.5 Å².